The van der Waals surface area contributed by atoms with Crippen LogP contribution in [0, 0.1) is 0 Å². The van der Waals surface area contributed by atoms with Gasteiger partial charge < -0.3 is 9.84 Å². The zero-order valence-corrected chi connectivity index (χ0v) is 12.4. The van der Waals surface area contributed by atoms with E-state index in [0.717, 1.165) is 24.3 Å². The Bertz CT molecular complexity index is 538. The second kappa shape index (κ2) is 7.16. The van der Waals surface area contributed by atoms with Gasteiger partial charge in [0.05, 0.1) is 18.3 Å². The van der Waals surface area contributed by atoms with Gasteiger partial charge >= 0.3 is 0 Å². The second-order valence-electron chi connectivity index (χ2n) is 4.46. The number of hydrogen-bond acceptors (Lipinski definition) is 6. The van der Waals surface area contributed by atoms with Crippen molar-refractivity contribution >= 4 is 22.4 Å². The molecule has 6 nitrogen and oxygen atoms in total. The summed E-state index contributed by atoms with van der Waals surface area (Å²) >= 11 is 1.39. The zero-order valence-electron chi connectivity index (χ0n) is 11.5. The van der Waals surface area contributed by atoms with Gasteiger partial charge in [-0.15, -0.1) is 11.3 Å². The van der Waals surface area contributed by atoms with Gasteiger partial charge in [-0.3, -0.25) is 10.1 Å². The van der Waals surface area contributed by atoms with Crippen LogP contribution >= 0.6 is 11.3 Å². The highest BCUT2D eigenvalue weighted by molar-refractivity contribution is 7.13. The van der Waals surface area contributed by atoms with E-state index in [1.807, 2.05) is 11.4 Å². The number of thiazole rings is 1. The molecule has 0 unspecified atom stereocenters. The van der Waals surface area contributed by atoms with Gasteiger partial charge in [0.15, 0.2) is 10.9 Å². The van der Waals surface area contributed by atoms with Crippen LogP contribution in [0.5, 0.6) is 0 Å². The smallest absolute Gasteiger partial charge is 0.243 e. The van der Waals surface area contributed by atoms with E-state index in [1.54, 1.807) is 13.1 Å². The Hall–Kier alpha value is -1.73. The summed E-state index contributed by atoms with van der Waals surface area (Å²) in [5, 5.41) is 12.2. The van der Waals surface area contributed by atoms with E-state index in [4.69, 9.17) is 4.52 Å². The molecular weight excluding hydrogens is 276 g/mol. The summed E-state index contributed by atoms with van der Waals surface area (Å²) in [6.45, 7) is 4.37. The third-order valence-corrected chi connectivity index (χ3v) is 3.44. The fraction of sp³-hybridized carbons (Fsp3) is 0.462. The Balaban J connectivity index is 1.78. The van der Waals surface area contributed by atoms with Crippen molar-refractivity contribution in [3.8, 4) is 0 Å². The molecule has 1 atom stereocenters. The van der Waals surface area contributed by atoms with Gasteiger partial charge in [-0.1, -0.05) is 18.5 Å². The van der Waals surface area contributed by atoms with Crippen LogP contribution in [0.3, 0.4) is 0 Å². The number of aryl methyl sites for hydroxylation is 1. The molecule has 0 saturated carbocycles. The topological polar surface area (TPSA) is 80.0 Å². The van der Waals surface area contributed by atoms with Crippen LogP contribution < -0.4 is 10.6 Å². The molecule has 0 bridgehead atoms. The number of anilines is 1. The van der Waals surface area contributed by atoms with Crippen molar-refractivity contribution in [3.05, 3.63) is 29.1 Å². The maximum absolute atomic E-state index is 11.9. The van der Waals surface area contributed by atoms with Crippen LogP contribution in [0.25, 0.3) is 0 Å². The van der Waals surface area contributed by atoms with Crippen LogP contribution in [0.1, 0.15) is 31.7 Å². The molecule has 1 amide bonds. The molecule has 108 valence electrons. The third-order valence-electron chi connectivity index (χ3n) is 2.75. The first-order valence-corrected chi connectivity index (χ1v) is 7.45. The molecule has 0 radical (unpaired) electrons. The Morgan fingerprint density at radius 2 is 2.40 bits per heavy atom. The predicted octanol–water partition coefficient (Wildman–Crippen LogP) is 2.20. The van der Waals surface area contributed by atoms with Crippen molar-refractivity contribution in [2.24, 2.45) is 0 Å². The molecule has 0 aliphatic carbocycles. The van der Waals surface area contributed by atoms with Crippen molar-refractivity contribution in [1.29, 1.82) is 0 Å². The SMILES string of the molecule is CCCc1cc(CN[C@@H](C)C(=O)Nc2nccs2)on1. The summed E-state index contributed by atoms with van der Waals surface area (Å²) in [6.07, 6.45) is 3.60. The largest absolute Gasteiger partial charge is 0.360 e. The molecule has 2 rings (SSSR count). The number of rotatable bonds is 7. The second-order valence-corrected chi connectivity index (χ2v) is 5.36. The summed E-state index contributed by atoms with van der Waals surface area (Å²) in [6, 6.07) is 1.58. The summed E-state index contributed by atoms with van der Waals surface area (Å²) in [5.41, 5.74) is 0.948. The van der Waals surface area contributed by atoms with E-state index >= 15 is 0 Å². The van der Waals surface area contributed by atoms with Crippen molar-refractivity contribution < 1.29 is 9.32 Å². The Morgan fingerprint density at radius 1 is 1.55 bits per heavy atom. The molecule has 2 N–H and O–H groups in total. The highest BCUT2D eigenvalue weighted by atomic mass is 32.1. The molecule has 0 aliphatic rings. The van der Waals surface area contributed by atoms with E-state index in [-0.39, 0.29) is 11.9 Å². The summed E-state index contributed by atoms with van der Waals surface area (Å²) in [4.78, 5) is 15.9. The average molecular weight is 294 g/mol. The molecule has 0 spiro atoms. The fourth-order valence-corrected chi connectivity index (χ4v) is 2.19. The van der Waals surface area contributed by atoms with Crippen molar-refractivity contribution in [2.45, 2.75) is 39.3 Å². The lowest BCUT2D eigenvalue weighted by atomic mass is 10.2. The lowest BCUT2D eigenvalue weighted by Crippen LogP contribution is -2.37. The molecule has 7 heteroatoms. The van der Waals surface area contributed by atoms with Gasteiger partial charge in [-0.25, -0.2) is 4.98 Å². The summed E-state index contributed by atoms with van der Waals surface area (Å²) in [5.74, 6) is 0.621. The normalized spacial score (nSPS) is 12.3. The van der Waals surface area contributed by atoms with Crippen LogP contribution in [0.4, 0.5) is 5.13 Å². The van der Waals surface area contributed by atoms with Gasteiger partial charge in [0.1, 0.15) is 0 Å². The Kier molecular flexibility index (Phi) is 5.25. The van der Waals surface area contributed by atoms with Gasteiger partial charge in [-0.05, 0) is 13.3 Å². The van der Waals surface area contributed by atoms with E-state index < -0.39 is 0 Å². The number of carbonyl (C=O) groups is 1. The Labute approximate surface area is 121 Å². The summed E-state index contributed by atoms with van der Waals surface area (Å²) < 4.78 is 5.20. The highest BCUT2D eigenvalue weighted by Crippen LogP contribution is 2.10. The minimum absolute atomic E-state index is 0.117. The number of carbonyl (C=O) groups excluding carboxylic acids is 1. The van der Waals surface area contributed by atoms with Crippen LogP contribution in [-0.4, -0.2) is 22.1 Å². The third kappa shape index (κ3) is 4.14. The molecule has 2 heterocycles. The number of amides is 1. The minimum atomic E-state index is -0.335. The maximum Gasteiger partial charge on any atom is 0.243 e. The zero-order chi connectivity index (χ0) is 14.4. The monoisotopic (exact) mass is 294 g/mol. The first-order valence-electron chi connectivity index (χ1n) is 6.57. The molecule has 0 saturated heterocycles. The number of nitrogens with zero attached hydrogens (tertiary/aromatic N) is 2. The van der Waals surface area contributed by atoms with Crippen LogP contribution in [0.15, 0.2) is 22.2 Å². The summed E-state index contributed by atoms with van der Waals surface area (Å²) in [7, 11) is 0. The number of nitrogens with one attached hydrogen (secondary N) is 2. The van der Waals surface area contributed by atoms with Crippen molar-refractivity contribution in [2.75, 3.05) is 5.32 Å². The predicted molar refractivity (Wildman–Crippen MR) is 77.5 cm³/mol. The van der Waals surface area contributed by atoms with Crippen LogP contribution in [0.2, 0.25) is 0 Å². The van der Waals surface area contributed by atoms with Gasteiger partial charge in [0.25, 0.3) is 0 Å². The maximum atomic E-state index is 11.9. The van der Waals surface area contributed by atoms with E-state index in [0.29, 0.717) is 11.7 Å². The molecule has 0 fully saturated rings. The highest BCUT2D eigenvalue weighted by Gasteiger charge is 2.14. The Morgan fingerprint density at radius 3 is 3.10 bits per heavy atom. The van der Waals surface area contributed by atoms with E-state index in [9.17, 15) is 4.79 Å². The van der Waals surface area contributed by atoms with Crippen molar-refractivity contribution in [3.63, 3.8) is 0 Å². The first kappa shape index (κ1) is 14.7. The lowest BCUT2D eigenvalue weighted by molar-refractivity contribution is -0.117. The average Bonchev–Trinajstić information content (AvgIpc) is 3.08. The quantitative estimate of drug-likeness (QED) is 0.818. The molecular formula is C13H18N4O2S. The lowest BCUT2D eigenvalue weighted by Gasteiger charge is -2.11. The molecule has 0 aromatic carbocycles. The van der Waals surface area contributed by atoms with Crippen LogP contribution in [-0.2, 0) is 17.8 Å². The number of aromatic nitrogens is 2. The minimum Gasteiger partial charge on any atom is -0.360 e. The first-order chi connectivity index (χ1) is 9.69. The standard InChI is InChI=1S/C13H18N4O2S/c1-3-4-10-7-11(19-17-10)8-15-9(2)12(18)16-13-14-5-6-20-13/h5-7,9,15H,3-4,8H2,1-2H3,(H,14,16,18)/t9-/m0/s1. The van der Waals surface area contributed by atoms with E-state index in [2.05, 4.69) is 27.7 Å². The van der Waals surface area contributed by atoms with E-state index in [1.165, 1.54) is 11.3 Å². The van der Waals surface area contributed by atoms with Gasteiger partial charge in [0.2, 0.25) is 5.91 Å². The molecule has 2 aromatic rings. The van der Waals surface area contributed by atoms with Gasteiger partial charge in [-0.2, -0.15) is 0 Å². The molecule has 2 aromatic heterocycles. The fourth-order valence-electron chi connectivity index (χ4n) is 1.66. The van der Waals surface area contributed by atoms with Crippen molar-refractivity contribution in [1.82, 2.24) is 15.5 Å². The molecule has 20 heavy (non-hydrogen) atoms. The molecule has 0 aliphatic heterocycles. The number of hydrogen-bond donors (Lipinski definition) is 2. The van der Waals surface area contributed by atoms with Gasteiger partial charge in [0, 0.05) is 17.6 Å².